The summed E-state index contributed by atoms with van der Waals surface area (Å²) >= 11 is 0. The van der Waals surface area contributed by atoms with Gasteiger partial charge in [-0.05, 0) is 32.0 Å². The zero-order valence-electron chi connectivity index (χ0n) is 12.6. The monoisotopic (exact) mass is 292 g/mol. The molecule has 6 nitrogen and oxygen atoms in total. The summed E-state index contributed by atoms with van der Waals surface area (Å²) < 4.78 is 5.31. The first-order valence-electron chi connectivity index (χ1n) is 7.58. The third-order valence-electron chi connectivity index (χ3n) is 3.44. The molecule has 6 heteroatoms. The van der Waals surface area contributed by atoms with E-state index in [-0.39, 0.29) is 5.91 Å². The molecule has 1 aliphatic rings. The van der Waals surface area contributed by atoms with Crippen molar-refractivity contribution >= 4 is 11.7 Å². The van der Waals surface area contributed by atoms with E-state index in [2.05, 4.69) is 20.5 Å². The highest BCUT2D eigenvalue weighted by Crippen LogP contribution is 2.10. The van der Waals surface area contributed by atoms with Crippen LogP contribution < -0.4 is 10.6 Å². The molecule has 116 valence electrons. The van der Waals surface area contributed by atoms with Crippen LogP contribution in [0, 0.1) is 0 Å². The quantitative estimate of drug-likeness (QED) is 0.733. The Bertz CT molecular complexity index is 447. The van der Waals surface area contributed by atoms with Crippen molar-refractivity contribution in [2.24, 2.45) is 0 Å². The molecule has 0 aliphatic carbocycles. The molecule has 1 fully saturated rings. The lowest BCUT2D eigenvalue weighted by atomic mass is 10.2. The summed E-state index contributed by atoms with van der Waals surface area (Å²) in [7, 11) is 0. The van der Waals surface area contributed by atoms with Gasteiger partial charge in [0, 0.05) is 32.4 Å². The van der Waals surface area contributed by atoms with Crippen molar-refractivity contribution in [3.05, 3.63) is 23.9 Å². The molecule has 2 N–H and O–H groups in total. The van der Waals surface area contributed by atoms with E-state index in [1.165, 1.54) is 0 Å². The van der Waals surface area contributed by atoms with E-state index in [0.717, 1.165) is 45.8 Å². The fraction of sp³-hybridized carbons (Fsp3) is 0.600. The van der Waals surface area contributed by atoms with Gasteiger partial charge in [0.25, 0.3) is 5.91 Å². The Morgan fingerprint density at radius 1 is 1.43 bits per heavy atom. The molecule has 2 rings (SSSR count). The Morgan fingerprint density at radius 3 is 3.00 bits per heavy atom. The van der Waals surface area contributed by atoms with Gasteiger partial charge < -0.3 is 15.4 Å². The van der Waals surface area contributed by atoms with Crippen molar-refractivity contribution in [3.8, 4) is 0 Å². The molecule has 1 aliphatic heterocycles. The van der Waals surface area contributed by atoms with Crippen LogP contribution in [-0.2, 0) is 4.74 Å². The van der Waals surface area contributed by atoms with Gasteiger partial charge in [0.2, 0.25) is 0 Å². The van der Waals surface area contributed by atoms with E-state index in [0.29, 0.717) is 17.9 Å². The van der Waals surface area contributed by atoms with Crippen molar-refractivity contribution in [2.45, 2.75) is 13.3 Å². The number of aromatic nitrogens is 1. The number of nitrogens with one attached hydrogen (secondary N) is 2. The van der Waals surface area contributed by atoms with Gasteiger partial charge >= 0.3 is 0 Å². The van der Waals surface area contributed by atoms with Gasteiger partial charge in [-0.1, -0.05) is 0 Å². The van der Waals surface area contributed by atoms with Crippen molar-refractivity contribution in [2.75, 3.05) is 51.3 Å². The highest BCUT2D eigenvalue weighted by Gasteiger charge is 2.12. The van der Waals surface area contributed by atoms with Gasteiger partial charge in [0.15, 0.2) is 0 Å². The summed E-state index contributed by atoms with van der Waals surface area (Å²) in [6, 6.07) is 3.58. The van der Waals surface area contributed by atoms with Gasteiger partial charge in [-0.15, -0.1) is 0 Å². The van der Waals surface area contributed by atoms with Crippen LogP contribution in [-0.4, -0.2) is 61.7 Å². The molecule has 1 amide bonds. The second-order valence-corrected chi connectivity index (χ2v) is 4.99. The lowest BCUT2D eigenvalue weighted by molar-refractivity contribution is 0.0374. The lowest BCUT2D eigenvalue weighted by Gasteiger charge is -2.26. The van der Waals surface area contributed by atoms with Crippen molar-refractivity contribution < 1.29 is 9.53 Å². The standard InChI is InChI=1S/C15H24N4O2/c1-2-16-14-13(5-3-6-17-14)15(20)18-7-4-8-19-9-11-21-12-10-19/h3,5-6H,2,4,7-12H2,1H3,(H,16,17)(H,18,20). The van der Waals surface area contributed by atoms with E-state index < -0.39 is 0 Å². The number of morpholine rings is 1. The Hall–Kier alpha value is -1.66. The Morgan fingerprint density at radius 2 is 2.24 bits per heavy atom. The van der Waals surface area contributed by atoms with Gasteiger partial charge in [0.05, 0.1) is 18.8 Å². The maximum Gasteiger partial charge on any atom is 0.255 e. The van der Waals surface area contributed by atoms with Crippen molar-refractivity contribution in [1.29, 1.82) is 0 Å². The Kier molecular flexibility index (Phi) is 6.43. The average Bonchev–Trinajstić information content (AvgIpc) is 2.53. The first kappa shape index (κ1) is 15.7. The van der Waals surface area contributed by atoms with E-state index >= 15 is 0 Å². The molecule has 0 atom stereocenters. The summed E-state index contributed by atoms with van der Waals surface area (Å²) in [6.45, 7) is 8.00. The maximum atomic E-state index is 12.2. The minimum atomic E-state index is -0.0685. The van der Waals surface area contributed by atoms with Crippen LogP contribution in [0.15, 0.2) is 18.3 Å². The molecule has 0 radical (unpaired) electrons. The van der Waals surface area contributed by atoms with Crippen LogP contribution in [0.4, 0.5) is 5.82 Å². The molecule has 1 aromatic rings. The fourth-order valence-electron chi connectivity index (χ4n) is 2.32. The summed E-state index contributed by atoms with van der Waals surface area (Å²) in [6.07, 6.45) is 2.63. The molecule has 0 aromatic carbocycles. The smallest absolute Gasteiger partial charge is 0.255 e. The van der Waals surface area contributed by atoms with Crippen molar-refractivity contribution in [1.82, 2.24) is 15.2 Å². The predicted molar refractivity (Wildman–Crippen MR) is 82.6 cm³/mol. The van der Waals surface area contributed by atoms with E-state index in [4.69, 9.17) is 4.74 Å². The summed E-state index contributed by atoms with van der Waals surface area (Å²) in [4.78, 5) is 18.7. The predicted octanol–water partition coefficient (Wildman–Crippen LogP) is 0.965. The molecule has 0 spiro atoms. The minimum Gasteiger partial charge on any atom is -0.379 e. The number of hydrogen-bond donors (Lipinski definition) is 2. The van der Waals surface area contributed by atoms with E-state index in [9.17, 15) is 4.79 Å². The highest BCUT2D eigenvalue weighted by atomic mass is 16.5. The summed E-state index contributed by atoms with van der Waals surface area (Å²) in [5.41, 5.74) is 0.603. The topological polar surface area (TPSA) is 66.5 Å². The number of pyridine rings is 1. The Labute approximate surface area is 125 Å². The molecule has 1 aromatic heterocycles. The van der Waals surface area contributed by atoms with Crippen LogP contribution in [0.1, 0.15) is 23.7 Å². The third kappa shape index (κ3) is 4.99. The van der Waals surface area contributed by atoms with Gasteiger partial charge in [-0.2, -0.15) is 0 Å². The second-order valence-electron chi connectivity index (χ2n) is 4.99. The SMILES string of the molecule is CCNc1ncccc1C(=O)NCCCN1CCOCC1. The first-order valence-corrected chi connectivity index (χ1v) is 7.58. The Balaban J connectivity index is 1.74. The number of nitrogens with zero attached hydrogens (tertiary/aromatic N) is 2. The molecule has 2 heterocycles. The van der Waals surface area contributed by atoms with Gasteiger partial charge in [-0.3, -0.25) is 9.69 Å². The molecule has 21 heavy (non-hydrogen) atoms. The first-order chi connectivity index (χ1) is 10.3. The molecule has 1 saturated heterocycles. The number of rotatable bonds is 7. The third-order valence-corrected chi connectivity index (χ3v) is 3.44. The largest absolute Gasteiger partial charge is 0.379 e. The summed E-state index contributed by atoms with van der Waals surface area (Å²) in [5, 5.41) is 6.07. The number of ether oxygens (including phenoxy) is 1. The number of hydrogen-bond acceptors (Lipinski definition) is 5. The zero-order valence-corrected chi connectivity index (χ0v) is 12.6. The number of carbonyl (C=O) groups excluding carboxylic acids is 1. The number of anilines is 1. The minimum absolute atomic E-state index is 0.0685. The van der Waals surface area contributed by atoms with Crippen LogP contribution in [0.3, 0.4) is 0 Å². The van der Waals surface area contributed by atoms with Crippen LogP contribution >= 0.6 is 0 Å². The summed E-state index contributed by atoms with van der Waals surface area (Å²) in [5.74, 6) is 0.576. The fourth-order valence-corrected chi connectivity index (χ4v) is 2.32. The van der Waals surface area contributed by atoms with Crippen molar-refractivity contribution in [3.63, 3.8) is 0 Å². The molecule has 0 saturated carbocycles. The van der Waals surface area contributed by atoms with Gasteiger partial charge in [0.1, 0.15) is 5.82 Å². The zero-order chi connectivity index (χ0) is 14.9. The molecule has 0 unspecified atom stereocenters. The second kappa shape index (κ2) is 8.59. The highest BCUT2D eigenvalue weighted by molar-refractivity contribution is 5.98. The van der Waals surface area contributed by atoms with E-state index in [1.54, 1.807) is 18.3 Å². The number of carbonyl (C=O) groups is 1. The van der Waals surface area contributed by atoms with E-state index in [1.807, 2.05) is 6.92 Å². The lowest BCUT2D eigenvalue weighted by Crippen LogP contribution is -2.38. The number of amides is 1. The molecular weight excluding hydrogens is 268 g/mol. The molecule has 0 bridgehead atoms. The molecular formula is C15H24N4O2. The maximum absolute atomic E-state index is 12.2. The average molecular weight is 292 g/mol. The van der Waals surface area contributed by atoms with Gasteiger partial charge in [-0.25, -0.2) is 4.98 Å². The van der Waals surface area contributed by atoms with Crippen LogP contribution in [0.5, 0.6) is 0 Å². The normalized spacial score (nSPS) is 15.7. The van der Waals surface area contributed by atoms with Crippen LogP contribution in [0.25, 0.3) is 0 Å². The van der Waals surface area contributed by atoms with Crippen LogP contribution in [0.2, 0.25) is 0 Å².